The molecule has 29 heavy (non-hydrogen) atoms. The third kappa shape index (κ3) is 4.36. The minimum absolute atomic E-state index is 0.0794. The Kier molecular flexibility index (Phi) is 6.11. The molecule has 1 N–H and O–H groups in total. The van der Waals surface area contributed by atoms with Crippen LogP contribution in [0.15, 0.2) is 47.4 Å². The van der Waals surface area contributed by atoms with Crippen molar-refractivity contribution in [1.29, 1.82) is 0 Å². The summed E-state index contributed by atoms with van der Waals surface area (Å²) < 4.78 is 32.2. The molecular formula is C19H20ClN3O5S. The van der Waals surface area contributed by atoms with E-state index in [-0.39, 0.29) is 40.6 Å². The first-order valence-corrected chi connectivity index (χ1v) is 10.6. The van der Waals surface area contributed by atoms with Crippen LogP contribution >= 0.6 is 11.6 Å². The van der Waals surface area contributed by atoms with Gasteiger partial charge < -0.3 is 15.0 Å². The van der Waals surface area contributed by atoms with Crippen LogP contribution in [0.2, 0.25) is 5.02 Å². The van der Waals surface area contributed by atoms with Crippen molar-refractivity contribution in [3.63, 3.8) is 0 Å². The zero-order chi connectivity index (χ0) is 21.2. The van der Waals surface area contributed by atoms with E-state index in [1.165, 1.54) is 24.1 Å². The molecule has 154 valence electrons. The van der Waals surface area contributed by atoms with Crippen molar-refractivity contribution in [2.45, 2.75) is 11.8 Å². The molecule has 0 unspecified atom stereocenters. The number of nitrogens with one attached hydrogen (secondary N) is 1. The first kappa shape index (κ1) is 21.1. The van der Waals surface area contributed by atoms with E-state index in [9.17, 15) is 18.0 Å². The van der Waals surface area contributed by atoms with Crippen LogP contribution in [0, 0.1) is 0 Å². The average molecular weight is 438 g/mol. The minimum atomic E-state index is -4.07. The first-order valence-electron chi connectivity index (χ1n) is 8.82. The maximum absolute atomic E-state index is 13.0. The van der Waals surface area contributed by atoms with Crippen LogP contribution < -0.4 is 15.0 Å². The van der Waals surface area contributed by atoms with Crippen molar-refractivity contribution < 1.29 is 22.7 Å². The number of benzene rings is 2. The van der Waals surface area contributed by atoms with Crippen molar-refractivity contribution in [3.05, 3.63) is 47.5 Å². The van der Waals surface area contributed by atoms with Crippen LogP contribution in [0.5, 0.6) is 5.75 Å². The molecule has 10 heteroatoms. The fourth-order valence-electron chi connectivity index (χ4n) is 2.92. The predicted octanol–water partition coefficient (Wildman–Crippen LogP) is 2.34. The number of hydrogen-bond donors (Lipinski definition) is 1. The molecule has 1 aliphatic rings. The maximum Gasteiger partial charge on any atom is 0.262 e. The second-order valence-electron chi connectivity index (χ2n) is 6.35. The predicted molar refractivity (Wildman–Crippen MR) is 110 cm³/mol. The van der Waals surface area contributed by atoms with Crippen LogP contribution in [0.1, 0.15) is 6.92 Å². The molecule has 0 fully saturated rings. The second kappa shape index (κ2) is 8.40. The molecular weight excluding hydrogens is 418 g/mol. The number of amides is 2. The standard InChI is InChI=1S/C19H20ClN3O5S/c1-3-23(13-7-5-4-6-8-13)19(25)11-22(2)29(26,27)17-10-16-15(9-14(17)20)21-18(24)12-28-16/h4-10H,3,11-12H2,1-2H3,(H,21,24). The fraction of sp³-hybridized carbons (Fsp3) is 0.263. The molecule has 8 nitrogen and oxygen atoms in total. The number of sulfonamides is 1. The van der Waals surface area contributed by atoms with Gasteiger partial charge in [-0.15, -0.1) is 0 Å². The highest BCUT2D eigenvalue weighted by molar-refractivity contribution is 7.89. The molecule has 2 aromatic rings. The van der Waals surface area contributed by atoms with E-state index in [1.54, 1.807) is 24.3 Å². The van der Waals surface area contributed by atoms with E-state index in [4.69, 9.17) is 16.3 Å². The quantitative estimate of drug-likeness (QED) is 0.748. The van der Waals surface area contributed by atoms with Crippen LogP contribution in [-0.4, -0.2) is 51.3 Å². The number of hydrogen-bond acceptors (Lipinski definition) is 5. The van der Waals surface area contributed by atoms with Gasteiger partial charge in [-0.2, -0.15) is 4.31 Å². The van der Waals surface area contributed by atoms with Gasteiger partial charge in [-0.1, -0.05) is 29.8 Å². The largest absolute Gasteiger partial charge is 0.482 e. The van der Waals surface area contributed by atoms with Gasteiger partial charge in [0.25, 0.3) is 5.91 Å². The molecule has 0 radical (unpaired) electrons. The molecule has 1 heterocycles. The summed E-state index contributed by atoms with van der Waals surface area (Å²) in [7, 11) is -2.76. The van der Waals surface area contributed by atoms with Crippen molar-refractivity contribution in [3.8, 4) is 5.75 Å². The lowest BCUT2D eigenvalue weighted by Crippen LogP contribution is -2.41. The van der Waals surface area contributed by atoms with Gasteiger partial charge in [0.2, 0.25) is 15.9 Å². The summed E-state index contributed by atoms with van der Waals surface area (Å²) in [4.78, 5) is 25.4. The maximum atomic E-state index is 13.0. The van der Waals surface area contributed by atoms with Crippen molar-refractivity contribution in [2.75, 3.05) is 37.0 Å². The minimum Gasteiger partial charge on any atom is -0.482 e. The summed E-state index contributed by atoms with van der Waals surface area (Å²) in [5, 5.41) is 2.48. The number of fused-ring (bicyclic) bond motifs is 1. The smallest absolute Gasteiger partial charge is 0.262 e. The Labute approximate surface area is 174 Å². The number of para-hydroxylation sites is 1. The molecule has 1 aliphatic heterocycles. The van der Waals surface area contributed by atoms with Crippen molar-refractivity contribution >= 4 is 44.8 Å². The summed E-state index contributed by atoms with van der Waals surface area (Å²) in [6.45, 7) is 1.62. The van der Waals surface area contributed by atoms with Gasteiger partial charge in [0, 0.05) is 25.3 Å². The van der Waals surface area contributed by atoms with Gasteiger partial charge >= 0.3 is 0 Å². The molecule has 0 aromatic heterocycles. The summed E-state index contributed by atoms with van der Waals surface area (Å²) in [6.07, 6.45) is 0. The summed E-state index contributed by atoms with van der Waals surface area (Å²) in [5.74, 6) is -0.526. The fourth-order valence-corrected chi connectivity index (χ4v) is 4.55. The van der Waals surface area contributed by atoms with Crippen LogP contribution in [-0.2, 0) is 19.6 Å². The number of ether oxygens (including phenoxy) is 1. The third-order valence-electron chi connectivity index (χ3n) is 4.40. The van der Waals surface area contributed by atoms with E-state index >= 15 is 0 Å². The van der Waals surface area contributed by atoms with E-state index < -0.39 is 10.0 Å². The Morgan fingerprint density at radius 2 is 1.93 bits per heavy atom. The number of carbonyl (C=O) groups is 2. The van der Waals surface area contributed by atoms with Crippen molar-refractivity contribution in [1.82, 2.24) is 4.31 Å². The number of anilines is 2. The lowest BCUT2D eigenvalue weighted by Gasteiger charge is -2.25. The highest BCUT2D eigenvalue weighted by atomic mass is 35.5. The highest BCUT2D eigenvalue weighted by Crippen LogP contribution is 2.36. The molecule has 0 saturated carbocycles. The molecule has 0 aliphatic carbocycles. The average Bonchev–Trinajstić information content (AvgIpc) is 2.68. The lowest BCUT2D eigenvalue weighted by atomic mass is 10.2. The molecule has 2 aromatic carbocycles. The summed E-state index contributed by atoms with van der Waals surface area (Å²) in [6, 6.07) is 11.6. The normalized spacial score (nSPS) is 13.4. The number of rotatable bonds is 6. The zero-order valence-corrected chi connectivity index (χ0v) is 17.5. The van der Waals surface area contributed by atoms with Crippen LogP contribution in [0.3, 0.4) is 0 Å². The van der Waals surface area contributed by atoms with E-state index in [1.807, 2.05) is 13.0 Å². The number of nitrogens with zero attached hydrogens (tertiary/aromatic N) is 2. The Morgan fingerprint density at radius 1 is 1.24 bits per heavy atom. The van der Waals surface area contributed by atoms with Gasteiger partial charge in [-0.25, -0.2) is 8.42 Å². The molecule has 0 spiro atoms. The molecule has 3 rings (SSSR count). The highest BCUT2D eigenvalue weighted by Gasteiger charge is 2.30. The van der Waals surface area contributed by atoms with Gasteiger partial charge in [-0.3, -0.25) is 9.59 Å². The van der Waals surface area contributed by atoms with Crippen LogP contribution in [0.4, 0.5) is 11.4 Å². The monoisotopic (exact) mass is 437 g/mol. The number of likely N-dealkylation sites (N-methyl/N-ethyl adjacent to an activating group) is 2. The Bertz CT molecular complexity index is 1040. The van der Waals surface area contributed by atoms with E-state index in [0.717, 1.165) is 4.31 Å². The molecule has 0 saturated heterocycles. The zero-order valence-electron chi connectivity index (χ0n) is 15.9. The Balaban J connectivity index is 1.84. The summed E-state index contributed by atoms with van der Waals surface area (Å²) >= 11 is 6.15. The first-order chi connectivity index (χ1) is 13.7. The molecule has 2 amide bonds. The third-order valence-corrected chi connectivity index (χ3v) is 6.67. The Morgan fingerprint density at radius 3 is 2.59 bits per heavy atom. The van der Waals surface area contributed by atoms with Crippen LogP contribution in [0.25, 0.3) is 0 Å². The van der Waals surface area contributed by atoms with E-state index in [0.29, 0.717) is 17.9 Å². The second-order valence-corrected chi connectivity index (χ2v) is 8.77. The molecule has 0 atom stereocenters. The molecule has 0 bridgehead atoms. The summed E-state index contributed by atoms with van der Waals surface area (Å²) in [5.41, 5.74) is 0.979. The van der Waals surface area contributed by atoms with Gasteiger partial charge in [-0.05, 0) is 25.1 Å². The Hall–Kier alpha value is -2.62. The van der Waals surface area contributed by atoms with E-state index in [2.05, 4.69) is 5.32 Å². The van der Waals surface area contributed by atoms with Gasteiger partial charge in [0.1, 0.15) is 10.6 Å². The lowest BCUT2D eigenvalue weighted by molar-refractivity contribution is -0.119. The SMILES string of the molecule is CCN(C(=O)CN(C)S(=O)(=O)c1cc2c(cc1Cl)NC(=O)CO2)c1ccccc1. The van der Waals surface area contributed by atoms with Gasteiger partial charge in [0.15, 0.2) is 6.61 Å². The number of halogens is 1. The number of carbonyl (C=O) groups excluding carboxylic acids is 2. The van der Waals surface area contributed by atoms with Crippen molar-refractivity contribution in [2.24, 2.45) is 0 Å². The topological polar surface area (TPSA) is 96.0 Å². The van der Waals surface area contributed by atoms with Gasteiger partial charge in [0.05, 0.1) is 17.3 Å².